The fourth-order valence-corrected chi connectivity index (χ4v) is 4.79. The molecule has 0 saturated carbocycles. The van der Waals surface area contributed by atoms with Gasteiger partial charge in [0.25, 0.3) is 0 Å². The number of sulfonamides is 1. The zero-order chi connectivity index (χ0) is 21.3. The molecule has 0 atom stereocenters. The molecule has 0 aliphatic carbocycles. The number of H-pyrrole nitrogens is 1. The smallest absolute Gasteiger partial charge is 0.243 e. The average Bonchev–Trinajstić information content (AvgIpc) is 3.37. The Hall–Kier alpha value is -3.01. The molecule has 1 amide bonds. The van der Waals surface area contributed by atoms with Gasteiger partial charge < -0.3 is 10.3 Å². The van der Waals surface area contributed by atoms with Gasteiger partial charge >= 0.3 is 0 Å². The molecule has 0 radical (unpaired) electrons. The molecule has 0 saturated heterocycles. The molecule has 7 nitrogen and oxygen atoms in total. The van der Waals surface area contributed by atoms with E-state index in [1.807, 2.05) is 30.5 Å². The molecule has 2 N–H and O–H groups in total. The number of hydrogen-bond acceptors (Lipinski definition) is 5. The highest BCUT2D eigenvalue weighted by molar-refractivity contribution is 7.89. The maximum atomic E-state index is 12.7. The van der Waals surface area contributed by atoms with Crippen molar-refractivity contribution in [2.24, 2.45) is 0 Å². The number of carbonyl (C=O) groups is 1. The van der Waals surface area contributed by atoms with E-state index in [-0.39, 0.29) is 11.4 Å². The Kier molecular flexibility index (Phi) is 5.42. The molecule has 30 heavy (non-hydrogen) atoms. The lowest BCUT2D eigenvalue weighted by Crippen LogP contribution is -2.34. The first-order chi connectivity index (χ1) is 14.3. The van der Waals surface area contributed by atoms with Crippen LogP contribution in [-0.4, -0.2) is 42.2 Å². The second-order valence-corrected chi connectivity index (χ2v) is 9.91. The van der Waals surface area contributed by atoms with Crippen LogP contribution in [0.4, 0.5) is 5.69 Å². The first kappa shape index (κ1) is 20.3. The summed E-state index contributed by atoms with van der Waals surface area (Å²) >= 11 is 1.59. The van der Waals surface area contributed by atoms with E-state index in [1.165, 1.54) is 19.2 Å². The Morgan fingerprint density at radius 1 is 1.17 bits per heavy atom. The SMILES string of the molecule is Cc1ccc(S(=O)(=O)N(C)CC(=O)Nc2ccc3nc(-c4cccs4)[nH]c3c2)cc1. The number of amides is 1. The van der Waals surface area contributed by atoms with E-state index in [0.29, 0.717) is 5.69 Å². The summed E-state index contributed by atoms with van der Waals surface area (Å²) in [5.74, 6) is 0.345. The Labute approximate surface area is 178 Å². The van der Waals surface area contributed by atoms with Crippen molar-refractivity contribution >= 4 is 44.0 Å². The molecule has 9 heteroatoms. The molecule has 2 aromatic carbocycles. The fraction of sp³-hybridized carbons (Fsp3) is 0.143. The Morgan fingerprint density at radius 3 is 2.63 bits per heavy atom. The lowest BCUT2D eigenvalue weighted by Gasteiger charge is -2.17. The standard InChI is InChI=1S/C21H20N4O3S2/c1-14-5-8-16(9-6-14)30(27,28)25(2)13-20(26)22-15-7-10-17-18(12-15)24-21(23-17)19-4-3-11-29-19/h3-12H,13H2,1-2H3,(H,22,26)(H,23,24). The number of carbonyl (C=O) groups excluding carboxylic acids is 1. The van der Waals surface area contributed by atoms with Gasteiger partial charge in [-0.2, -0.15) is 4.31 Å². The quantitative estimate of drug-likeness (QED) is 0.476. The van der Waals surface area contributed by atoms with Crippen molar-refractivity contribution < 1.29 is 13.2 Å². The summed E-state index contributed by atoms with van der Waals surface area (Å²) in [4.78, 5) is 21.4. The van der Waals surface area contributed by atoms with Gasteiger partial charge in [0.15, 0.2) is 0 Å². The van der Waals surface area contributed by atoms with Crippen LogP contribution in [0.3, 0.4) is 0 Å². The van der Waals surface area contributed by atoms with Gasteiger partial charge in [0.2, 0.25) is 15.9 Å². The monoisotopic (exact) mass is 440 g/mol. The first-order valence-electron chi connectivity index (χ1n) is 9.19. The number of nitrogens with one attached hydrogen (secondary N) is 2. The summed E-state index contributed by atoms with van der Waals surface area (Å²) in [6.07, 6.45) is 0. The van der Waals surface area contributed by atoms with Gasteiger partial charge in [-0.1, -0.05) is 23.8 Å². The van der Waals surface area contributed by atoms with Crippen LogP contribution >= 0.6 is 11.3 Å². The summed E-state index contributed by atoms with van der Waals surface area (Å²) < 4.78 is 26.3. The van der Waals surface area contributed by atoms with E-state index in [4.69, 9.17) is 0 Å². The zero-order valence-electron chi connectivity index (χ0n) is 16.4. The van der Waals surface area contributed by atoms with Crippen molar-refractivity contribution in [3.8, 4) is 10.7 Å². The number of aryl methyl sites for hydroxylation is 1. The lowest BCUT2D eigenvalue weighted by molar-refractivity contribution is -0.116. The van der Waals surface area contributed by atoms with E-state index in [9.17, 15) is 13.2 Å². The van der Waals surface area contributed by atoms with Crippen molar-refractivity contribution in [2.45, 2.75) is 11.8 Å². The van der Waals surface area contributed by atoms with Crippen LogP contribution < -0.4 is 5.32 Å². The molecule has 0 bridgehead atoms. The van der Waals surface area contributed by atoms with Gasteiger partial charge in [0.1, 0.15) is 5.82 Å². The number of benzene rings is 2. The van der Waals surface area contributed by atoms with Gasteiger partial charge in [-0.15, -0.1) is 11.3 Å². The van der Waals surface area contributed by atoms with Gasteiger partial charge in [0.05, 0.1) is 27.4 Å². The molecule has 2 heterocycles. The number of hydrogen-bond donors (Lipinski definition) is 2. The maximum absolute atomic E-state index is 12.7. The fourth-order valence-electron chi connectivity index (χ4n) is 3.00. The van der Waals surface area contributed by atoms with Crippen LogP contribution in [0.2, 0.25) is 0 Å². The maximum Gasteiger partial charge on any atom is 0.243 e. The third-order valence-corrected chi connectivity index (χ3v) is 7.31. The van der Waals surface area contributed by atoms with Gasteiger partial charge in [-0.3, -0.25) is 4.79 Å². The molecule has 0 aliphatic heterocycles. The molecule has 2 aromatic heterocycles. The number of aromatic amines is 1. The predicted octanol–water partition coefficient (Wildman–Crippen LogP) is 3.86. The van der Waals surface area contributed by atoms with E-state index in [2.05, 4.69) is 15.3 Å². The molecular formula is C21H20N4O3S2. The normalized spacial score (nSPS) is 11.8. The minimum Gasteiger partial charge on any atom is -0.337 e. The molecule has 0 aliphatic rings. The van der Waals surface area contributed by atoms with E-state index < -0.39 is 15.9 Å². The minimum absolute atomic E-state index is 0.156. The number of nitrogens with zero attached hydrogens (tertiary/aromatic N) is 2. The van der Waals surface area contributed by atoms with E-state index >= 15 is 0 Å². The molecular weight excluding hydrogens is 420 g/mol. The van der Waals surface area contributed by atoms with E-state index in [1.54, 1.807) is 35.6 Å². The highest BCUT2D eigenvalue weighted by Crippen LogP contribution is 2.26. The third kappa shape index (κ3) is 4.13. The Bertz CT molecular complexity index is 1290. The van der Waals surface area contributed by atoms with Crippen LogP contribution in [0.1, 0.15) is 5.56 Å². The van der Waals surface area contributed by atoms with Gasteiger partial charge in [0, 0.05) is 12.7 Å². The molecule has 154 valence electrons. The third-order valence-electron chi connectivity index (χ3n) is 4.62. The van der Waals surface area contributed by atoms with Crippen LogP contribution in [0, 0.1) is 6.92 Å². The Morgan fingerprint density at radius 2 is 1.93 bits per heavy atom. The molecule has 0 unspecified atom stereocenters. The van der Waals surface area contributed by atoms with Crippen LogP contribution in [0.25, 0.3) is 21.7 Å². The second kappa shape index (κ2) is 8.02. The molecule has 4 rings (SSSR count). The first-order valence-corrected chi connectivity index (χ1v) is 11.5. The van der Waals surface area contributed by atoms with Crippen LogP contribution in [0.5, 0.6) is 0 Å². The Balaban J connectivity index is 1.46. The largest absolute Gasteiger partial charge is 0.337 e. The van der Waals surface area contributed by atoms with Crippen molar-refractivity contribution in [3.05, 3.63) is 65.5 Å². The number of thiophene rings is 1. The zero-order valence-corrected chi connectivity index (χ0v) is 18.0. The van der Waals surface area contributed by atoms with Gasteiger partial charge in [-0.05, 0) is 48.7 Å². The molecule has 4 aromatic rings. The highest BCUT2D eigenvalue weighted by atomic mass is 32.2. The number of anilines is 1. The van der Waals surface area contributed by atoms with E-state index in [0.717, 1.165) is 31.6 Å². The topological polar surface area (TPSA) is 95.2 Å². The minimum atomic E-state index is -3.74. The van der Waals surface area contributed by atoms with Crippen molar-refractivity contribution in [2.75, 3.05) is 18.9 Å². The summed E-state index contributed by atoms with van der Waals surface area (Å²) in [5.41, 5.74) is 3.10. The second-order valence-electron chi connectivity index (χ2n) is 6.92. The summed E-state index contributed by atoms with van der Waals surface area (Å²) in [6, 6.07) is 15.8. The average molecular weight is 441 g/mol. The number of imidazole rings is 1. The summed E-state index contributed by atoms with van der Waals surface area (Å²) in [5, 5.41) is 4.73. The predicted molar refractivity (Wildman–Crippen MR) is 119 cm³/mol. The lowest BCUT2D eigenvalue weighted by atomic mass is 10.2. The van der Waals surface area contributed by atoms with Gasteiger partial charge in [-0.25, -0.2) is 13.4 Å². The number of likely N-dealkylation sites (N-methyl/N-ethyl adjacent to an activating group) is 1. The van der Waals surface area contributed by atoms with Crippen LogP contribution in [-0.2, 0) is 14.8 Å². The number of fused-ring (bicyclic) bond motifs is 1. The van der Waals surface area contributed by atoms with Crippen LogP contribution in [0.15, 0.2) is 64.9 Å². The molecule has 0 fully saturated rings. The van der Waals surface area contributed by atoms with Crippen molar-refractivity contribution in [1.29, 1.82) is 0 Å². The summed E-state index contributed by atoms with van der Waals surface area (Å²) in [6.45, 7) is 1.59. The molecule has 0 spiro atoms. The summed E-state index contributed by atoms with van der Waals surface area (Å²) in [7, 11) is -2.35. The van der Waals surface area contributed by atoms with Crippen molar-refractivity contribution in [1.82, 2.24) is 14.3 Å². The number of aromatic nitrogens is 2. The highest BCUT2D eigenvalue weighted by Gasteiger charge is 2.23. The van der Waals surface area contributed by atoms with Crippen molar-refractivity contribution in [3.63, 3.8) is 0 Å². The number of rotatable bonds is 6.